The second-order valence-electron chi connectivity index (χ2n) is 6.28. The Kier molecular flexibility index (Phi) is 6.03. The summed E-state index contributed by atoms with van der Waals surface area (Å²) < 4.78 is 71.6. The lowest BCUT2D eigenvalue weighted by Crippen LogP contribution is -3.15. The molecular formula is C18H20F3N2O3S+. The summed E-state index contributed by atoms with van der Waals surface area (Å²) in [7, 11) is -3.99. The summed E-state index contributed by atoms with van der Waals surface area (Å²) in [6, 6.07) is 8.20. The highest BCUT2D eigenvalue weighted by atomic mass is 32.2. The maximum absolute atomic E-state index is 13.8. The fourth-order valence-corrected chi connectivity index (χ4v) is 4.45. The molecule has 27 heavy (non-hydrogen) atoms. The Balaban J connectivity index is 1.51. The molecule has 9 heteroatoms. The van der Waals surface area contributed by atoms with Gasteiger partial charge in [-0.05, 0) is 36.4 Å². The first-order valence-corrected chi connectivity index (χ1v) is 9.97. The SMILES string of the molecule is O=S(=O)(c1ccc(F)cc1F)N1CC[NH+](CCOc2ccc(F)cc2)CC1. The van der Waals surface area contributed by atoms with E-state index < -0.39 is 26.6 Å². The van der Waals surface area contributed by atoms with Crippen molar-refractivity contribution in [3.63, 3.8) is 0 Å². The topological polar surface area (TPSA) is 51.0 Å². The van der Waals surface area contributed by atoms with Crippen molar-refractivity contribution in [2.45, 2.75) is 4.90 Å². The van der Waals surface area contributed by atoms with Crippen LogP contribution in [0.4, 0.5) is 13.2 Å². The number of nitrogens with one attached hydrogen (secondary N) is 1. The first-order chi connectivity index (χ1) is 12.9. The lowest BCUT2D eigenvalue weighted by molar-refractivity contribution is -0.903. The number of rotatable bonds is 6. The zero-order valence-corrected chi connectivity index (χ0v) is 15.3. The monoisotopic (exact) mass is 401 g/mol. The van der Waals surface area contributed by atoms with Crippen molar-refractivity contribution in [2.24, 2.45) is 0 Å². The maximum Gasteiger partial charge on any atom is 0.246 e. The molecule has 0 spiro atoms. The summed E-state index contributed by atoms with van der Waals surface area (Å²) in [5, 5.41) is 0. The molecule has 1 heterocycles. The molecule has 0 aliphatic carbocycles. The first kappa shape index (κ1) is 19.7. The van der Waals surface area contributed by atoms with Gasteiger partial charge in [-0.15, -0.1) is 0 Å². The summed E-state index contributed by atoms with van der Waals surface area (Å²) in [5.74, 6) is -1.66. The number of sulfonamides is 1. The van der Waals surface area contributed by atoms with Crippen LogP contribution in [0.2, 0.25) is 0 Å². The number of nitrogens with zero attached hydrogens (tertiary/aromatic N) is 1. The van der Waals surface area contributed by atoms with E-state index >= 15 is 0 Å². The van der Waals surface area contributed by atoms with E-state index in [0.29, 0.717) is 38.1 Å². The third-order valence-corrected chi connectivity index (χ3v) is 6.41. The molecule has 5 nitrogen and oxygen atoms in total. The highest BCUT2D eigenvalue weighted by molar-refractivity contribution is 7.89. The molecular weight excluding hydrogens is 381 g/mol. The van der Waals surface area contributed by atoms with Crippen molar-refractivity contribution in [1.82, 2.24) is 4.31 Å². The van der Waals surface area contributed by atoms with Crippen LogP contribution in [0, 0.1) is 17.5 Å². The maximum atomic E-state index is 13.8. The van der Waals surface area contributed by atoms with E-state index in [1.54, 1.807) is 12.1 Å². The Hall–Kier alpha value is -2.10. The number of piperazine rings is 1. The van der Waals surface area contributed by atoms with E-state index in [4.69, 9.17) is 4.74 Å². The Labute approximate surface area is 156 Å². The van der Waals surface area contributed by atoms with Crippen molar-refractivity contribution in [3.8, 4) is 5.75 Å². The van der Waals surface area contributed by atoms with Crippen molar-refractivity contribution in [1.29, 1.82) is 0 Å². The van der Waals surface area contributed by atoms with Gasteiger partial charge in [0, 0.05) is 6.07 Å². The van der Waals surface area contributed by atoms with Crippen LogP contribution in [0.3, 0.4) is 0 Å². The number of ether oxygens (including phenoxy) is 1. The van der Waals surface area contributed by atoms with Crippen molar-refractivity contribution < 1.29 is 31.2 Å². The van der Waals surface area contributed by atoms with E-state index in [1.807, 2.05) is 0 Å². The molecule has 0 bridgehead atoms. The number of benzene rings is 2. The molecule has 0 saturated carbocycles. The van der Waals surface area contributed by atoms with Gasteiger partial charge in [-0.3, -0.25) is 0 Å². The number of hydrogen-bond donors (Lipinski definition) is 1. The third kappa shape index (κ3) is 4.79. The summed E-state index contributed by atoms with van der Waals surface area (Å²) in [5.41, 5.74) is 0. The largest absolute Gasteiger partial charge is 0.488 e. The fourth-order valence-electron chi connectivity index (χ4n) is 2.96. The summed E-state index contributed by atoms with van der Waals surface area (Å²) in [6.45, 7) is 2.66. The lowest BCUT2D eigenvalue weighted by atomic mass is 10.3. The molecule has 0 atom stereocenters. The van der Waals surface area contributed by atoms with Crippen LogP contribution in [0.1, 0.15) is 0 Å². The molecule has 0 radical (unpaired) electrons. The van der Waals surface area contributed by atoms with E-state index in [-0.39, 0.29) is 18.9 Å². The van der Waals surface area contributed by atoms with E-state index in [0.717, 1.165) is 17.0 Å². The minimum Gasteiger partial charge on any atom is -0.488 e. The normalized spacial score (nSPS) is 16.4. The molecule has 0 unspecified atom stereocenters. The molecule has 1 aliphatic heterocycles. The van der Waals surface area contributed by atoms with Crippen LogP contribution in [0.15, 0.2) is 47.4 Å². The van der Waals surface area contributed by atoms with Gasteiger partial charge in [0.1, 0.15) is 41.2 Å². The number of quaternary nitrogens is 1. The summed E-state index contributed by atoms with van der Waals surface area (Å²) >= 11 is 0. The molecule has 1 aliphatic rings. The van der Waals surface area contributed by atoms with Gasteiger partial charge in [-0.1, -0.05) is 0 Å². The molecule has 1 N–H and O–H groups in total. The van der Waals surface area contributed by atoms with Gasteiger partial charge in [0.05, 0.1) is 26.2 Å². The van der Waals surface area contributed by atoms with Crippen LogP contribution in [-0.4, -0.2) is 52.1 Å². The third-order valence-electron chi connectivity index (χ3n) is 4.48. The molecule has 2 aromatic carbocycles. The highest BCUT2D eigenvalue weighted by Gasteiger charge is 2.32. The number of hydrogen-bond acceptors (Lipinski definition) is 3. The Morgan fingerprint density at radius 1 is 0.963 bits per heavy atom. The van der Waals surface area contributed by atoms with Gasteiger partial charge in [0.15, 0.2) is 0 Å². The molecule has 1 fully saturated rings. The molecule has 0 aromatic heterocycles. The highest BCUT2D eigenvalue weighted by Crippen LogP contribution is 2.20. The number of halogens is 3. The van der Waals surface area contributed by atoms with Gasteiger partial charge >= 0.3 is 0 Å². The van der Waals surface area contributed by atoms with Crippen molar-refractivity contribution in [3.05, 3.63) is 59.9 Å². The van der Waals surface area contributed by atoms with Gasteiger partial charge < -0.3 is 9.64 Å². The van der Waals surface area contributed by atoms with Crippen molar-refractivity contribution >= 4 is 10.0 Å². The minimum absolute atomic E-state index is 0.241. The van der Waals surface area contributed by atoms with Crippen LogP contribution < -0.4 is 9.64 Å². The fraction of sp³-hybridized carbons (Fsp3) is 0.333. The van der Waals surface area contributed by atoms with Gasteiger partial charge in [-0.25, -0.2) is 21.6 Å². The average molecular weight is 401 g/mol. The summed E-state index contributed by atoms with van der Waals surface area (Å²) in [6.07, 6.45) is 0. The predicted molar refractivity (Wildman–Crippen MR) is 92.6 cm³/mol. The molecule has 0 amide bonds. The van der Waals surface area contributed by atoms with Crippen molar-refractivity contribution in [2.75, 3.05) is 39.3 Å². The van der Waals surface area contributed by atoms with Gasteiger partial charge in [0.25, 0.3) is 0 Å². The smallest absolute Gasteiger partial charge is 0.246 e. The molecule has 1 saturated heterocycles. The molecule has 146 valence electrons. The van der Waals surface area contributed by atoms with E-state index in [9.17, 15) is 21.6 Å². The minimum atomic E-state index is -3.99. The second-order valence-corrected chi connectivity index (χ2v) is 8.19. The molecule has 3 rings (SSSR count). The zero-order chi connectivity index (χ0) is 19.4. The summed E-state index contributed by atoms with van der Waals surface area (Å²) in [4.78, 5) is 0.648. The standard InChI is InChI=1S/C18H19F3N2O3S/c19-14-1-4-16(5-2-14)26-12-11-22-7-9-23(10-8-22)27(24,25)18-6-3-15(20)13-17(18)21/h1-6,13H,7-12H2/p+1. The van der Waals surface area contributed by atoms with Crippen LogP contribution >= 0.6 is 0 Å². The average Bonchev–Trinajstić information content (AvgIpc) is 2.63. The first-order valence-electron chi connectivity index (χ1n) is 8.53. The van der Waals surface area contributed by atoms with Crippen LogP contribution in [0.25, 0.3) is 0 Å². The van der Waals surface area contributed by atoms with Crippen LogP contribution in [-0.2, 0) is 10.0 Å². The lowest BCUT2D eigenvalue weighted by Gasteiger charge is -2.31. The van der Waals surface area contributed by atoms with Gasteiger partial charge in [-0.2, -0.15) is 4.31 Å². The zero-order valence-electron chi connectivity index (χ0n) is 14.5. The van der Waals surface area contributed by atoms with Gasteiger partial charge in [0.2, 0.25) is 10.0 Å². The van der Waals surface area contributed by atoms with E-state index in [2.05, 4.69) is 0 Å². The molecule has 2 aromatic rings. The van der Waals surface area contributed by atoms with E-state index in [1.165, 1.54) is 16.4 Å². The Morgan fingerprint density at radius 2 is 1.59 bits per heavy atom. The quantitative estimate of drug-likeness (QED) is 0.788. The second kappa shape index (κ2) is 8.28. The predicted octanol–water partition coefficient (Wildman–Crippen LogP) is 1.07. The van der Waals surface area contributed by atoms with Crippen LogP contribution in [0.5, 0.6) is 5.75 Å². The Morgan fingerprint density at radius 3 is 2.22 bits per heavy atom. The Bertz CT molecular complexity index is 883.